The highest BCUT2D eigenvalue weighted by atomic mass is 16.2. The largest absolute Gasteiger partial charge is 0.344 e. The Morgan fingerprint density at radius 3 is 2.19 bits per heavy atom. The quantitative estimate of drug-likeness (QED) is 0.732. The van der Waals surface area contributed by atoms with Crippen molar-refractivity contribution in [2.75, 3.05) is 33.7 Å². The minimum absolute atomic E-state index is 0.0131. The van der Waals surface area contributed by atoms with E-state index in [-0.39, 0.29) is 11.3 Å². The SMILES string of the molecule is CC(C)N(C)CC(=O)N(C)CC(C)(C)CN. The Morgan fingerprint density at radius 2 is 1.81 bits per heavy atom. The van der Waals surface area contributed by atoms with Crippen LogP contribution in [0.15, 0.2) is 0 Å². The van der Waals surface area contributed by atoms with Gasteiger partial charge in [0.05, 0.1) is 6.54 Å². The minimum Gasteiger partial charge on any atom is -0.344 e. The smallest absolute Gasteiger partial charge is 0.236 e. The lowest BCUT2D eigenvalue weighted by Crippen LogP contribution is -2.44. The third kappa shape index (κ3) is 5.47. The summed E-state index contributed by atoms with van der Waals surface area (Å²) in [5.74, 6) is 0.151. The molecule has 2 N–H and O–H groups in total. The van der Waals surface area contributed by atoms with Crippen LogP contribution >= 0.6 is 0 Å². The van der Waals surface area contributed by atoms with E-state index in [0.717, 1.165) is 0 Å². The molecule has 0 saturated heterocycles. The first-order valence-corrected chi connectivity index (χ1v) is 5.84. The highest BCUT2D eigenvalue weighted by Gasteiger charge is 2.21. The number of hydrogen-bond donors (Lipinski definition) is 1. The number of rotatable bonds is 6. The van der Waals surface area contributed by atoms with Gasteiger partial charge in [0.1, 0.15) is 0 Å². The summed E-state index contributed by atoms with van der Waals surface area (Å²) in [5, 5.41) is 0. The molecule has 0 unspecified atom stereocenters. The van der Waals surface area contributed by atoms with Crippen molar-refractivity contribution in [3.8, 4) is 0 Å². The van der Waals surface area contributed by atoms with Gasteiger partial charge in [-0.25, -0.2) is 0 Å². The number of likely N-dealkylation sites (N-methyl/N-ethyl adjacent to an activating group) is 2. The number of nitrogens with zero attached hydrogens (tertiary/aromatic N) is 2. The Balaban J connectivity index is 4.19. The zero-order chi connectivity index (χ0) is 12.9. The molecule has 0 bridgehead atoms. The number of nitrogens with two attached hydrogens (primary N) is 1. The number of hydrogen-bond acceptors (Lipinski definition) is 3. The molecule has 0 atom stereocenters. The molecule has 0 aromatic carbocycles. The lowest BCUT2D eigenvalue weighted by Gasteiger charge is -2.30. The summed E-state index contributed by atoms with van der Waals surface area (Å²) in [6.45, 7) is 10.1. The van der Waals surface area contributed by atoms with Crippen LogP contribution in [0.4, 0.5) is 0 Å². The van der Waals surface area contributed by atoms with Crippen LogP contribution < -0.4 is 5.73 Å². The number of carbonyl (C=O) groups is 1. The van der Waals surface area contributed by atoms with Crippen LogP contribution in [0, 0.1) is 5.41 Å². The maximum atomic E-state index is 11.9. The molecule has 16 heavy (non-hydrogen) atoms. The molecule has 0 spiro atoms. The molecule has 0 fully saturated rings. The summed E-state index contributed by atoms with van der Waals surface area (Å²) >= 11 is 0. The van der Waals surface area contributed by atoms with E-state index in [9.17, 15) is 4.79 Å². The zero-order valence-corrected chi connectivity index (χ0v) is 11.6. The van der Waals surface area contributed by atoms with Gasteiger partial charge in [0.15, 0.2) is 0 Å². The predicted molar refractivity (Wildman–Crippen MR) is 68.2 cm³/mol. The molecule has 0 aliphatic heterocycles. The van der Waals surface area contributed by atoms with E-state index in [0.29, 0.717) is 25.7 Å². The molecule has 96 valence electrons. The first kappa shape index (κ1) is 15.4. The molecule has 0 rings (SSSR count). The van der Waals surface area contributed by atoms with Gasteiger partial charge in [0, 0.05) is 19.6 Å². The van der Waals surface area contributed by atoms with Crippen molar-refractivity contribution in [2.24, 2.45) is 11.1 Å². The van der Waals surface area contributed by atoms with E-state index in [1.807, 2.05) is 19.0 Å². The van der Waals surface area contributed by atoms with Gasteiger partial charge in [-0.15, -0.1) is 0 Å². The second kappa shape index (κ2) is 6.21. The van der Waals surface area contributed by atoms with E-state index >= 15 is 0 Å². The van der Waals surface area contributed by atoms with Crippen molar-refractivity contribution in [3.63, 3.8) is 0 Å². The van der Waals surface area contributed by atoms with Crippen molar-refractivity contribution in [1.82, 2.24) is 9.80 Å². The second-order valence-corrected chi connectivity index (χ2v) is 5.63. The molecular formula is C12H27N3O. The van der Waals surface area contributed by atoms with Gasteiger partial charge in [0.25, 0.3) is 0 Å². The normalized spacial score (nSPS) is 12.3. The summed E-state index contributed by atoms with van der Waals surface area (Å²) in [6.07, 6.45) is 0. The molecular weight excluding hydrogens is 202 g/mol. The van der Waals surface area contributed by atoms with Crippen LogP contribution in [0.3, 0.4) is 0 Å². The standard InChI is InChI=1S/C12H27N3O/c1-10(2)14(5)7-11(16)15(6)9-12(3,4)8-13/h10H,7-9,13H2,1-6H3. The van der Waals surface area contributed by atoms with Gasteiger partial charge in [-0.05, 0) is 32.9 Å². The van der Waals surface area contributed by atoms with Crippen molar-refractivity contribution in [2.45, 2.75) is 33.7 Å². The molecule has 0 aliphatic rings. The lowest BCUT2D eigenvalue weighted by molar-refractivity contribution is -0.132. The third-order valence-corrected chi connectivity index (χ3v) is 2.91. The Hall–Kier alpha value is -0.610. The Morgan fingerprint density at radius 1 is 1.31 bits per heavy atom. The average Bonchev–Trinajstić information content (AvgIpc) is 2.16. The highest BCUT2D eigenvalue weighted by molar-refractivity contribution is 5.78. The van der Waals surface area contributed by atoms with Crippen LogP contribution in [0.1, 0.15) is 27.7 Å². The number of amides is 1. The van der Waals surface area contributed by atoms with Gasteiger partial charge in [-0.2, -0.15) is 0 Å². The Kier molecular flexibility index (Phi) is 5.97. The molecule has 0 heterocycles. The third-order valence-electron chi connectivity index (χ3n) is 2.91. The summed E-state index contributed by atoms with van der Waals surface area (Å²) in [7, 11) is 3.80. The molecule has 0 aliphatic carbocycles. The van der Waals surface area contributed by atoms with Gasteiger partial charge < -0.3 is 10.6 Å². The first-order chi connectivity index (χ1) is 7.19. The maximum absolute atomic E-state index is 11.9. The van der Waals surface area contributed by atoms with Gasteiger partial charge in [-0.1, -0.05) is 13.8 Å². The van der Waals surface area contributed by atoms with Crippen LogP contribution in [0.5, 0.6) is 0 Å². The van der Waals surface area contributed by atoms with E-state index in [2.05, 4.69) is 27.7 Å². The fourth-order valence-corrected chi connectivity index (χ4v) is 1.31. The Labute approximate surface area is 99.8 Å². The van der Waals surface area contributed by atoms with E-state index < -0.39 is 0 Å². The van der Waals surface area contributed by atoms with Crippen molar-refractivity contribution in [3.05, 3.63) is 0 Å². The van der Waals surface area contributed by atoms with E-state index in [4.69, 9.17) is 5.73 Å². The summed E-state index contributed by atoms with van der Waals surface area (Å²) in [6, 6.07) is 0.389. The summed E-state index contributed by atoms with van der Waals surface area (Å²) in [5.41, 5.74) is 5.64. The molecule has 4 heteroatoms. The van der Waals surface area contributed by atoms with Gasteiger partial charge in [0.2, 0.25) is 5.91 Å². The zero-order valence-electron chi connectivity index (χ0n) is 11.6. The topological polar surface area (TPSA) is 49.6 Å². The maximum Gasteiger partial charge on any atom is 0.236 e. The van der Waals surface area contributed by atoms with Gasteiger partial charge >= 0.3 is 0 Å². The van der Waals surface area contributed by atoms with E-state index in [1.54, 1.807) is 4.90 Å². The minimum atomic E-state index is -0.0131. The number of carbonyl (C=O) groups excluding carboxylic acids is 1. The van der Waals surface area contributed by atoms with Crippen LogP contribution in [-0.2, 0) is 4.79 Å². The van der Waals surface area contributed by atoms with Crippen molar-refractivity contribution in [1.29, 1.82) is 0 Å². The summed E-state index contributed by atoms with van der Waals surface area (Å²) < 4.78 is 0. The van der Waals surface area contributed by atoms with Gasteiger partial charge in [-0.3, -0.25) is 9.69 Å². The summed E-state index contributed by atoms with van der Waals surface area (Å²) in [4.78, 5) is 15.7. The molecule has 0 radical (unpaired) electrons. The molecule has 0 aromatic heterocycles. The van der Waals surface area contributed by atoms with Crippen molar-refractivity contribution < 1.29 is 4.79 Å². The Bertz CT molecular complexity index is 226. The second-order valence-electron chi connectivity index (χ2n) is 5.63. The monoisotopic (exact) mass is 229 g/mol. The molecule has 4 nitrogen and oxygen atoms in total. The van der Waals surface area contributed by atoms with Crippen LogP contribution in [0.2, 0.25) is 0 Å². The molecule has 0 aromatic rings. The van der Waals surface area contributed by atoms with Crippen LogP contribution in [0.25, 0.3) is 0 Å². The van der Waals surface area contributed by atoms with Crippen molar-refractivity contribution >= 4 is 5.91 Å². The first-order valence-electron chi connectivity index (χ1n) is 5.84. The lowest BCUT2D eigenvalue weighted by atomic mass is 9.93. The highest BCUT2D eigenvalue weighted by Crippen LogP contribution is 2.14. The van der Waals surface area contributed by atoms with E-state index in [1.165, 1.54) is 0 Å². The fourth-order valence-electron chi connectivity index (χ4n) is 1.31. The average molecular weight is 229 g/mol. The van der Waals surface area contributed by atoms with Crippen LogP contribution in [-0.4, -0.2) is 55.5 Å². The molecule has 0 saturated carbocycles. The molecule has 1 amide bonds. The fraction of sp³-hybridized carbons (Fsp3) is 0.917. The predicted octanol–water partition coefficient (Wildman–Crippen LogP) is 0.770.